The van der Waals surface area contributed by atoms with Crippen LogP contribution in [0.4, 0.5) is 5.13 Å². The Bertz CT molecular complexity index is 746. The van der Waals surface area contributed by atoms with Gasteiger partial charge in [0.05, 0.1) is 0 Å². The van der Waals surface area contributed by atoms with Gasteiger partial charge in [0, 0.05) is 22.6 Å². The predicted octanol–water partition coefficient (Wildman–Crippen LogP) is 3.61. The SMILES string of the molecule is Cc1cnc(NC(=O)CN(CC(C)C)C(=O)COc2ccc(Cl)cc2)s1. The van der Waals surface area contributed by atoms with Crippen LogP contribution < -0.4 is 10.1 Å². The molecule has 2 rings (SSSR count). The van der Waals surface area contributed by atoms with Crippen molar-refractivity contribution in [2.24, 2.45) is 5.92 Å². The molecule has 26 heavy (non-hydrogen) atoms. The van der Waals surface area contributed by atoms with Gasteiger partial charge < -0.3 is 15.0 Å². The number of aromatic nitrogens is 1. The van der Waals surface area contributed by atoms with Crippen molar-refractivity contribution in [1.29, 1.82) is 0 Å². The number of amides is 2. The third kappa shape index (κ3) is 6.65. The van der Waals surface area contributed by atoms with E-state index in [4.69, 9.17) is 16.3 Å². The van der Waals surface area contributed by atoms with Gasteiger partial charge in [-0.1, -0.05) is 25.4 Å². The lowest BCUT2D eigenvalue weighted by Crippen LogP contribution is -2.42. The molecule has 2 amide bonds. The first-order valence-corrected chi connectivity index (χ1v) is 9.41. The van der Waals surface area contributed by atoms with Crippen LogP contribution in [-0.4, -0.2) is 41.4 Å². The fourth-order valence-corrected chi connectivity index (χ4v) is 3.01. The fraction of sp³-hybridized carbons (Fsp3) is 0.389. The molecule has 0 saturated heterocycles. The van der Waals surface area contributed by atoms with Crippen molar-refractivity contribution < 1.29 is 14.3 Å². The maximum absolute atomic E-state index is 12.5. The van der Waals surface area contributed by atoms with Crippen LogP contribution in [0, 0.1) is 12.8 Å². The minimum absolute atomic E-state index is 0.0420. The first-order chi connectivity index (χ1) is 12.3. The van der Waals surface area contributed by atoms with Crippen LogP contribution in [0.25, 0.3) is 0 Å². The summed E-state index contributed by atoms with van der Waals surface area (Å²) in [7, 11) is 0. The maximum atomic E-state index is 12.5. The average molecular weight is 396 g/mol. The molecule has 6 nitrogen and oxygen atoms in total. The molecule has 1 heterocycles. The van der Waals surface area contributed by atoms with Crippen LogP contribution in [0.3, 0.4) is 0 Å². The number of thiazole rings is 1. The number of benzene rings is 1. The smallest absolute Gasteiger partial charge is 0.260 e. The monoisotopic (exact) mass is 395 g/mol. The zero-order valence-corrected chi connectivity index (χ0v) is 16.6. The second-order valence-electron chi connectivity index (χ2n) is 6.23. The summed E-state index contributed by atoms with van der Waals surface area (Å²) in [6.45, 7) is 6.17. The molecule has 0 radical (unpaired) electrons. The topological polar surface area (TPSA) is 71.5 Å². The fourth-order valence-electron chi connectivity index (χ4n) is 2.21. The highest BCUT2D eigenvalue weighted by Gasteiger charge is 2.19. The molecule has 0 aliphatic rings. The first-order valence-electron chi connectivity index (χ1n) is 8.22. The summed E-state index contributed by atoms with van der Waals surface area (Å²) in [5.74, 6) is 0.248. The highest BCUT2D eigenvalue weighted by molar-refractivity contribution is 7.15. The van der Waals surface area contributed by atoms with E-state index in [1.54, 1.807) is 30.5 Å². The van der Waals surface area contributed by atoms with E-state index < -0.39 is 0 Å². The Morgan fingerprint density at radius 2 is 2.00 bits per heavy atom. The Balaban J connectivity index is 1.92. The molecular weight excluding hydrogens is 374 g/mol. The molecule has 140 valence electrons. The van der Waals surface area contributed by atoms with Gasteiger partial charge in [-0.05, 0) is 37.1 Å². The number of anilines is 1. The highest BCUT2D eigenvalue weighted by Crippen LogP contribution is 2.17. The van der Waals surface area contributed by atoms with E-state index in [1.807, 2.05) is 20.8 Å². The Morgan fingerprint density at radius 3 is 2.58 bits per heavy atom. The summed E-state index contributed by atoms with van der Waals surface area (Å²) in [5.41, 5.74) is 0. The van der Waals surface area contributed by atoms with Crippen LogP contribution >= 0.6 is 22.9 Å². The van der Waals surface area contributed by atoms with E-state index in [0.717, 1.165) is 4.88 Å². The van der Waals surface area contributed by atoms with E-state index in [-0.39, 0.29) is 30.9 Å². The third-order valence-corrected chi connectivity index (χ3v) is 4.40. The van der Waals surface area contributed by atoms with E-state index in [9.17, 15) is 9.59 Å². The zero-order chi connectivity index (χ0) is 19.1. The maximum Gasteiger partial charge on any atom is 0.260 e. The minimum atomic E-state index is -0.278. The van der Waals surface area contributed by atoms with Crippen LogP contribution in [0.5, 0.6) is 5.75 Å². The summed E-state index contributed by atoms with van der Waals surface area (Å²) in [4.78, 5) is 31.3. The molecular formula is C18H22ClN3O3S. The van der Waals surface area contributed by atoms with Crippen molar-refractivity contribution >= 4 is 39.9 Å². The summed E-state index contributed by atoms with van der Waals surface area (Å²) in [5, 5.41) is 3.85. The Kier molecular flexibility index (Phi) is 7.41. The number of rotatable bonds is 8. The number of hydrogen-bond donors (Lipinski definition) is 1. The number of aryl methyl sites for hydroxylation is 1. The van der Waals surface area contributed by atoms with Crippen LogP contribution in [0.15, 0.2) is 30.5 Å². The van der Waals surface area contributed by atoms with Gasteiger partial charge in [-0.25, -0.2) is 4.98 Å². The Labute approximate surface area is 162 Å². The molecule has 0 unspecified atom stereocenters. The number of hydrogen-bond acceptors (Lipinski definition) is 5. The number of carbonyl (C=O) groups excluding carboxylic acids is 2. The standard InChI is InChI=1S/C18H22ClN3O3S/c1-12(2)9-22(10-16(23)21-18-20-8-13(3)26-18)17(24)11-25-15-6-4-14(19)5-7-15/h4-8,12H,9-11H2,1-3H3,(H,20,21,23). The quantitative estimate of drug-likeness (QED) is 0.741. The van der Waals surface area contributed by atoms with Crippen molar-refractivity contribution in [3.63, 3.8) is 0 Å². The summed E-state index contributed by atoms with van der Waals surface area (Å²) in [6, 6.07) is 6.77. The normalized spacial score (nSPS) is 10.7. The third-order valence-electron chi connectivity index (χ3n) is 3.32. The molecule has 1 aromatic carbocycles. The molecule has 0 bridgehead atoms. The number of nitrogens with one attached hydrogen (secondary N) is 1. The number of carbonyl (C=O) groups is 2. The van der Waals surface area contributed by atoms with Gasteiger partial charge in [0.2, 0.25) is 5.91 Å². The van der Waals surface area contributed by atoms with Crippen molar-refractivity contribution in [3.05, 3.63) is 40.4 Å². The minimum Gasteiger partial charge on any atom is -0.484 e. The van der Waals surface area contributed by atoms with Gasteiger partial charge in [-0.15, -0.1) is 11.3 Å². The lowest BCUT2D eigenvalue weighted by molar-refractivity contribution is -0.137. The average Bonchev–Trinajstić information content (AvgIpc) is 2.97. The van der Waals surface area contributed by atoms with E-state index in [0.29, 0.717) is 22.4 Å². The largest absolute Gasteiger partial charge is 0.484 e. The molecule has 0 spiro atoms. The van der Waals surface area contributed by atoms with Gasteiger partial charge in [-0.3, -0.25) is 9.59 Å². The van der Waals surface area contributed by atoms with Crippen LogP contribution in [0.1, 0.15) is 18.7 Å². The summed E-state index contributed by atoms with van der Waals surface area (Å²) >= 11 is 7.22. The molecule has 1 aromatic heterocycles. The number of ether oxygens (including phenoxy) is 1. The van der Waals surface area contributed by atoms with Crippen molar-refractivity contribution in [1.82, 2.24) is 9.88 Å². The van der Waals surface area contributed by atoms with Crippen molar-refractivity contribution in [3.8, 4) is 5.75 Å². The summed E-state index contributed by atoms with van der Waals surface area (Å²) < 4.78 is 5.50. The van der Waals surface area contributed by atoms with Gasteiger partial charge in [0.15, 0.2) is 11.7 Å². The molecule has 0 aliphatic carbocycles. The zero-order valence-electron chi connectivity index (χ0n) is 15.0. The van der Waals surface area contributed by atoms with Crippen LogP contribution in [-0.2, 0) is 9.59 Å². The second kappa shape index (κ2) is 9.54. The van der Waals surface area contributed by atoms with Gasteiger partial charge in [0.1, 0.15) is 12.3 Å². The first kappa shape index (κ1) is 20.2. The van der Waals surface area contributed by atoms with Crippen LogP contribution in [0.2, 0.25) is 5.02 Å². The van der Waals surface area contributed by atoms with Gasteiger partial charge >= 0.3 is 0 Å². The number of nitrogens with zero attached hydrogens (tertiary/aromatic N) is 2. The van der Waals surface area contributed by atoms with E-state index in [1.165, 1.54) is 16.2 Å². The molecule has 0 fully saturated rings. The van der Waals surface area contributed by atoms with E-state index in [2.05, 4.69) is 10.3 Å². The van der Waals surface area contributed by atoms with E-state index >= 15 is 0 Å². The Morgan fingerprint density at radius 1 is 1.31 bits per heavy atom. The van der Waals surface area contributed by atoms with Gasteiger partial charge in [-0.2, -0.15) is 0 Å². The second-order valence-corrected chi connectivity index (χ2v) is 7.91. The summed E-state index contributed by atoms with van der Waals surface area (Å²) in [6.07, 6.45) is 1.69. The van der Waals surface area contributed by atoms with Gasteiger partial charge in [0.25, 0.3) is 5.91 Å². The molecule has 0 atom stereocenters. The molecule has 0 saturated carbocycles. The van der Waals surface area contributed by atoms with Crippen molar-refractivity contribution in [2.75, 3.05) is 25.0 Å². The lowest BCUT2D eigenvalue weighted by atomic mass is 10.2. The number of halogens is 1. The predicted molar refractivity (Wildman–Crippen MR) is 104 cm³/mol. The highest BCUT2D eigenvalue weighted by atomic mass is 35.5. The molecule has 0 aliphatic heterocycles. The van der Waals surface area contributed by atoms with Crippen molar-refractivity contribution in [2.45, 2.75) is 20.8 Å². The Hall–Kier alpha value is -2.12. The molecule has 8 heteroatoms. The lowest BCUT2D eigenvalue weighted by Gasteiger charge is -2.24. The molecule has 2 aromatic rings. The molecule has 1 N–H and O–H groups in total.